The minimum Gasteiger partial charge on any atom is -0.508 e. The molecule has 0 unspecified atom stereocenters. The molecule has 0 radical (unpaired) electrons. The van der Waals surface area contributed by atoms with Gasteiger partial charge in [0.15, 0.2) is 0 Å². The van der Waals surface area contributed by atoms with Gasteiger partial charge in [0.05, 0.1) is 6.04 Å². The Balaban J connectivity index is 1.97. The van der Waals surface area contributed by atoms with Crippen LogP contribution in [0.4, 0.5) is 0 Å². The summed E-state index contributed by atoms with van der Waals surface area (Å²) in [7, 11) is -1.58. The van der Waals surface area contributed by atoms with Gasteiger partial charge in [-0.25, -0.2) is 4.79 Å². The van der Waals surface area contributed by atoms with Crippen molar-refractivity contribution in [2.45, 2.75) is 24.9 Å². The summed E-state index contributed by atoms with van der Waals surface area (Å²) in [5, 5.41) is 39.2. The Kier molecular flexibility index (Phi) is 6.94. The van der Waals surface area contributed by atoms with Crippen LogP contribution in [-0.2, 0) is 22.4 Å². The van der Waals surface area contributed by atoms with Crippen LogP contribution in [-0.4, -0.2) is 51.3 Å². The van der Waals surface area contributed by atoms with E-state index in [0.717, 1.165) is 0 Å². The number of carboxylic acids is 1. The number of phenolic OH excluding ortho intramolecular Hbond substituents is 1. The Hall–Kier alpha value is -2.88. The molecule has 1 amide bonds. The second kappa shape index (κ2) is 9.18. The third-order valence-electron chi connectivity index (χ3n) is 4.06. The average Bonchev–Trinajstić information content (AvgIpc) is 2.63. The third kappa shape index (κ3) is 6.10. The van der Waals surface area contributed by atoms with Crippen molar-refractivity contribution in [2.75, 3.05) is 0 Å². The van der Waals surface area contributed by atoms with Crippen molar-refractivity contribution in [2.24, 2.45) is 5.73 Å². The van der Waals surface area contributed by atoms with E-state index in [1.807, 2.05) is 0 Å². The number of nitrogens with two attached hydrogens (primary N) is 1. The molecule has 0 fully saturated rings. The highest BCUT2D eigenvalue weighted by Gasteiger charge is 2.24. The molecule has 8 nitrogen and oxygen atoms in total. The van der Waals surface area contributed by atoms with E-state index in [-0.39, 0.29) is 18.6 Å². The Labute approximate surface area is 156 Å². The van der Waals surface area contributed by atoms with E-state index in [2.05, 4.69) is 5.32 Å². The van der Waals surface area contributed by atoms with E-state index in [9.17, 15) is 19.8 Å². The van der Waals surface area contributed by atoms with E-state index < -0.39 is 31.1 Å². The molecule has 2 aromatic carbocycles. The zero-order valence-corrected chi connectivity index (χ0v) is 14.4. The minimum absolute atomic E-state index is 0.0527. The number of rotatable bonds is 8. The predicted molar refractivity (Wildman–Crippen MR) is 99.3 cm³/mol. The van der Waals surface area contributed by atoms with Crippen LogP contribution in [0.15, 0.2) is 48.5 Å². The molecule has 0 saturated heterocycles. The Morgan fingerprint density at radius 1 is 0.963 bits per heavy atom. The molecule has 0 heterocycles. The van der Waals surface area contributed by atoms with Gasteiger partial charge in [0.25, 0.3) is 0 Å². The number of benzene rings is 2. The van der Waals surface area contributed by atoms with Gasteiger partial charge in [-0.15, -0.1) is 0 Å². The maximum atomic E-state index is 12.3. The summed E-state index contributed by atoms with van der Waals surface area (Å²) in [5.41, 5.74) is 7.54. The molecule has 27 heavy (non-hydrogen) atoms. The van der Waals surface area contributed by atoms with Crippen LogP contribution in [0.1, 0.15) is 11.1 Å². The molecular formula is C18H21BN2O6. The number of aromatic hydroxyl groups is 1. The van der Waals surface area contributed by atoms with Crippen molar-refractivity contribution in [1.82, 2.24) is 5.32 Å². The summed E-state index contributed by atoms with van der Waals surface area (Å²) in [6.07, 6.45) is 0.219. The number of nitrogens with one attached hydrogen (secondary N) is 1. The first-order valence-electron chi connectivity index (χ1n) is 8.28. The molecule has 0 aliphatic heterocycles. The molecule has 0 aromatic heterocycles. The molecule has 2 rings (SSSR count). The van der Waals surface area contributed by atoms with Crippen molar-refractivity contribution in [3.63, 3.8) is 0 Å². The summed E-state index contributed by atoms with van der Waals surface area (Å²) in [5.74, 6) is -1.73. The summed E-state index contributed by atoms with van der Waals surface area (Å²) in [6.45, 7) is 0. The number of aliphatic carboxylic acids is 1. The fraction of sp³-hybridized carbons (Fsp3) is 0.222. The van der Waals surface area contributed by atoms with Crippen LogP contribution in [0.5, 0.6) is 5.75 Å². The molecule has 0 aliphatic carbocycles. The van der Waals surface area contributed by atoms with Gasteiger partial charge in [0.1, 0.15) is 11.8 Å². The van der Waals surface area contributed by atoms with Gasteiger partial charge in [0.2, 0.25) is 5.91 Å². The monoisotopic (exact) mass is 372 g/mol. The van der Waals surface area contributed by atoms with Gasteiger partial charge in [-0.3, -0.25) is 4.79 Å². The maximum Gasteiger partial charge on any atom is 0.488 e. The largest absolute Gasteiger partial charge is 0.508 e. The highest BCUT2D eigenvalue weighted by molar-refractivity contribution is 6.58. The molecule has 9 heteroatoms. The molecule has 7 N–H and O–H groups in total. The molecule has 0 aliphatic rings. The van der Waals surface area contributed by atoms with Gasteiger partial charge < -0.3 is 31.3 Å². The second-order valence-corrected chi connectivity index (χ2v) is 6.20. The molecule has 0 bridgehead atoms. The topological polar surface area (TPSA) is 153 Å². The normalized spacial score (nSPS) is 12.9. The van der Waals surface area contributed by atoms with Gasteiger partial charge >= 0.3 is 13.1 Å². The first kappa shape index (κ1) is 20.4. The van der Waals surface area contributed by atoms with Gasteiger partial charge in [-0.1, -0.05) is 36.4 Å². The molecular weight excluding hydrogens is 351 g/mol. The predicted octanol–water partition coefficient (Wildman–Crippen LogP) is -1.25. The van der Waals surface area contributed by atoms with E-state index in [4.69, 9.17) is 15.8 Å². The summed E-state index contributed by atoms with van der Waals surface area (Å²) < 4.78 is 0. The van der Waals surface area contributed by atoms with Crippen LogP contribution >= 0.6 is 0 Å². The highest BCUT2D eigenvalue weighted by Crippen LogP contribution is 2.11. The Bertz CT molecular complexity index is 779. The quantitative estimate of drug-likeness (QED) is 0.317. The lowest BCUT2D eigenvalue weighted by Crippen LogP contribution is -2.50. The SMILES string of the molecule is N[C@H](Cc1ccc(B(O)O)cc1)C(=O)N[C@@H](Cc1ccc(O)cc1)C(=O)O. The van der Waals surface area contributed by atoms with Crippen molar-refractivity contribution in [3.8, 4) is 5.75 Å². The summed E-state index contributed by atoms with van der Waals surface area (Å²) in [4.78, 5) is 23.7. The summed E-state index contributed by atoms with van der Waals surface area (Å²) >= 11 is 0. The highest BCUT2D eigenvalue weighted by atomic mass is 16.4. The molecule has 2 atom stereocenters. The smallest absolute Gasteiger partial charge is 0.488 e. The van der Waals surface area contributed by atoms with Crippen molar-refractivity contribution < 1.29 is 29.9 Å². The zero-order chi connectivity index (χ0) is 20.0. The molecule has 142 valence electrons. The first-order chi connectivity index (χ1) is 12.8. The molecule has 0 saturated carbocycles. The van der Waals surface area contributed by atoms with Crippen LogP contribution < -0.4 is 16.5 Å². The number of carbonyl (C=O) groups is 2. The maximum absolute atomic E-state index is 12.3. The number of hydrogen-bond donors (Lipinski definition) is 6. The minimum atomic E-state index is -1.58. The average molecular weight is 372 g/mol. The third-order valence-corrected chi connectivity index (χ3v) is 4.06. The standard InChI is InChI=1S/C18H21BN2O6/c20-15(9-11-1-5-13(6-2-11)19(26)27)17(23)21-16(18(24)25)10-12-3-7-14(22)8-4-12/h1-8,15-16,22,26-27H,9-10,20H2,(H,21,23)(H,24,25)/t15-,16+/m1/s1. The van der Waals surface area contributed by atoms with Crippen molar-refractivity contribution in [1.29, 1.82) is 0 Å². The van der Waals surface area contributed by atoms with Crippen LogP contribution in [0.3, 0.4) is 0 Å². The number of hydrogen-bond acceptors (Lipinski definition) is 6. The van der Waals surface area contributed by atoms with E-state index in [1.54, 1.807) is 24.3 Å². The van der Waals surface area contributed by atoms with Crippen molar-refractivity contribution >= 4 is 24.5 Å². The lowest BCUT2D eigenvalue weighted by Gasteiger charge is -2.18. The first-order valence-corrected chi connectivity index (χ1v) is 8.28. The Morgan fingerprint density at radius 3 is 2.00 bits per heavy atom. The zero-order valence-electron chi connectivity index (χ0n) is 14.4. The van der Waals surface area contributed by atoms with E-state index in [1.165, 1.54) is 24.3 Å². The molecule has 0 spiro atoms. The van der Waals surface area contributed by atoms with Crippen LogP contribution in [0.25, 0.3) is 0 Å². The molecule has 2 aromatic rings. The second-order valence-electron chi connectivity index (χ2n) is 6.20. The lowest BCUT2D eigenvalue weighted by molar-refractivity contribution is -0.141. The van der Waals surface area contributed by atoms with Crippen LogP contribution in [0.2, 0.25) is 0 Å². The fourth-order valence-corrected chi connectivity index (χ4v) is 2.52. The van der Waals surface area contributed by atoms with E-state index in [0.29, 0.717) is 16.6 Å². The number of phenols is 1. The lowest BCUT2D eigenvalue weighted by atomic mass is 9.80. The number of carboxylic acid groups (broad SMARTS) is 1. The number of carbonyl (C=O) groups excluding carboxylic acids is 1. The van der Waals surface area contributed by atoms with Gasteiger partial charge in [-0.2, -0.15) is 0 Å². The van der Waals surface area contributed by atoms with Crippen molar-refractivity contribution in [3.05, 3.63) is 59.7 Å². The van der Waals surface area contributed by atoms with Gasteiger partial charge in [0, 0.05) is 6.42 Å². The van der Waals surface area contributed by atoms with Crippen LogP contribution in [0, 0.1) is 0 Å². The van der Waals surface area contributed by atoms with E-state index >= 15 is 0 Å². The fourth-order valence-electron chi connectivity index (χ4n) is 2.52. The Morgan fingerprint density at radius 2 is 1.48 bits per heavy atom. The van der Waals surface area contributed by atoms with Gasteiger partial charge in [-0.05, 0) is 35.1 Å². The summed E-state index contributed by atoms with van der Waals surface area (Å²) in [6, 6.07) is 10.2. The number of amides is 1.